The van der Waals surface area contributed by atoms with Gasteiger partial charge in [-0.1, -0.05) is 6.07 Å². The van der Waals surface area contributed by atoms with Gasteiger partial charge in [0.25, 0.3) is 5.91 Å². The summed E-state index contributed by atoms with van der Waals surface area (Å²) < 4.78 is 1.09. The highest BCUT2D eigenvalue weighted by Gasteiger charge is 2.24. The van der Waals surface area contributed by atoms with E-state index in [4.69, 9.17) is 5.73 Å². The van der Waals surface area contributed by atoms with E-state index in [1.807, 2.05) is 29.2 Å². The van der Waals surface area contributed by atoms with Crippen LogP contribution in [-0.2, 0) is 0 Å². The number of nitrogens with two attached hydrogens (primary N) is 1. The van der Waals surface area contributed by atoms with Gasteiger partial charge in [-0.05, 0) is 47.2 Å². The molecule has 4 heteroatoms. The average Bonchev–Trinajstić information content (AvgIpc) is 2.64. The van der Waals surface area contributed by atoms with Gasteiger partial charge in [-0.2, -0.15) is 0 Å². The molecule has 2 rings (SSSR count). The number of likely N-dealkylation sites (tertiary alicyclic amines) is 1. The third-order valence-electron chi connectivity index (χ3n) is 2.58. The molecule has 1 saturated heterocycles. The summed E-state index contributed by atoms with van der Waals surface area (Å²) in [4.78, 5) is 13.8. The normalized spacial score (nSPS) is 20.7. The maximum atomic E-state index is 12.0. The Morgan fingerprint density at radius 3 is 2.93 bits per heavy atom. The summed E-state index contributed by atoms with van der Waals surface area (Å²) in [6.45, 7) is 1.47. The fraction of sp³-hybridized carbons (Fsp3) is 0.364. The Bertz CT molecular complexity index is 381. The molecule has 0 spiro atoms. The quantitative estimate of drug-likeness (QED) is 0.798. The molecule has 2 N–H and O–H groups in total. The van der Waals surface area contributed by atoms with Gasteiger partial charge >= 0.3 is 0 Å². The number of halogens is 1. The Morgan fingerprint density at radius 2 is 2.33 bits per heavy atom. The third-order valence-corrected chi connectivity index (χ3v) is 3.25. The van der Waals surface area contributed by atoms with E-state index in [9.17, 15) is 4.79 Å². The summed E-state index contributed by atoms with van der Waals surface area (Å²) in [6, 6.07) is 7.80. The number of rotatable bonds is 1. The first-order chi connectivity index (χ1) is 7.16. The molecule has 15 heavy (non-hydrogen) atoms. The lowest BCUT2D eigenvalue weighted by Crippen LogP contribution is -2.31. The minimum absolute atomic E-state index is 0.0986. The van der Waals surface area contributed by atoms with Gasteiger partial charge in [0.2, 0.25) is 0 Å². The maximum Gasteiger partial charge on any atom is 0.253 e. The molecule has 1 fully saturated rings. The first-order valence-electron chi connectivity index (χ1n) is 4.97. The molecular formula is C11H13IN2O. The van der Waals surface area contributed by atoms with Crippen molar-refractivity contribution in [2.45, 2.75) is 12.5 Å². The van der Waals surface area contributed by atoms with Crippen molar-refractivity contribution >= 4 is 28.5 Å². The zero-order chi connectivity index (χ0) is 10.8. The molecule has 1 aliphatic rings. The standard InChI is InChI=1S/C11H13IN2O/c12-9-3-1-2-8(6-9)11(15)14-5-4-10(13)7-14/h1-3,6,10H,4-5,7,13H2. The number of hydrogen-bond donors (Lipinski definition) is 1. The molecule has 0 radical (unpaired) electrons. The van der Waals surface area contributed by atoms with Crippen LogP contribution in [0.2, 0.25) is 0 Å². The predicted molar refractivity (Wildman–Crippen MR) is 67.7 cm³/mol. The maximum absolute atomic E-state index is 12.0. The van der Waals surface area contributed by atoms with Gasteiger partial charge in [0.05, 0.1) is 0 Å². The molecule has 80 valence electrons. The van der Waals surface area contributed by atoms with E-state index in [2.05, 4.69) is 22.6 Å². The van der Waals surface area contributed by atoms with Crippen LogP contribution in [0.25, 0.3) is 0 Å². The van der Waals surface area contributed by atoms with Gasteiger partial charge in [-0.15, -0.1) is 0 Å². The molecule has 1 unspecified atom stereocenters. The van der Waals surface area contributed by atoms with E-state index < -0.39 is 0 Å². The van der Waals surface area contributed by atoms with Crippen LogP contribution >= 0.6 is 22.6 Å². The Labute approximate surface area is 103 Å². The summed E-state index contributed by atoms with van der Waals surface area (Å²) in [5, 5.41) is 0. The van der Waals surface area contributed by atoms with Gasteiger partial charge in [0.15, 0.2) is 0 Å². The second kappa shape index (κ2) is 4.49. The van der Waals surface area contributed by atoms with E-state index in [1.165, 1.54) is 0 Å². The van der Waals surface area contributed by atoms with Gasteiger partial charge in [0, 0.05) is 28.3 Å². The lowest BCUT2D eigenvalue weighted by atomic mass is 10.2. The Balaban J connectivity index is 2.14. The molecular weight excluding hydrogens is 303 g/mol. The Morgan fingerprint density at radius 1 is 1.53 bits per heavy atom. The predicted octanol–water partition coefficient (Wildman–Crippen LogP) is 1.46. The Kier molecular flexibility index (Phi) is 3.25. The second-order valence-electron chi connectivity index (χ2n) is 3.81. The summed E-state index contributed by atoms with van der Waals surface area (Å²) in [7, 11) is 0. The minimum Gasteiger partial charge on any atom is -0.337 e. The monoisotopic (exact) mass is 316 g/mol. The Hall–Kier alpha value is -0.620. The SMILES string of the molecule is NC1CCN(C(=O)c2cccc(I)c2)C1. The van der Waals surface area contributed by atoms with Crippen molar-refractivity contribution in [1.29, 1.82) is 0 Å². The van der Waals surface area contributed by atoms with Gasteiger partial charge < -0.3 is 10.6 Å². The zero-order valence-corrected chi connectivity index (χ0v) is 10.5. The summed E-state index contributed by atoms with van der Waals surface area (Å²) >= 11 is 2.21. The van der Waals surface area contributed by atoms with Crippen molar-refractivity contribution < 1.29 is 4.79 Å². The van der Waals surface area contributed by atoms with Gasteiger partial charge in [0.1, 0.15) is 0 Å². The number of carbonyl (C=O) groups excluding carboxylic acids is 1. The van der Waals surface area contributed by atoms with Crippen molar-refractivity contribution in [3.05, 3.63) is 33.4 Å². The molecule has 1 amide bonds. The largest absolute Gasteiger partial charge is 0.337 e. The molecule has 1 heterocycles. The van der Waals surface area contributed by atoms with E-state index >= 15 is 0 Å². The topological polar surface area (TPSA) is 46.3 Å². The molecule has 0 saturated carbocycles. The van der Waals surface area contributed by atoms with Crippen LogP contribution in [0.15, 0.2) is 24.3 Å². The molecule has 1 atom stereocenters. The fourth-order valence-electron chi connectivity index (χ4n) is 1.78. The van der Waals surface area contributed by atoms with Crippen molar-refractivity contribution in [3.8, 4) is 0 Å². The van der Waals surface area contributed by atoms with Crippen molar-refractivity contribution in [1.82, 2.24) is 4.90 Å². The van der Waals surface area contributed by atoms with Crippen molar-refractivity contribution in [2.24, 2.45) is 5.73 Å². The highest BCUT2D eigenvalue weighted by atomic mass is 127. The fourth-order valence-corrected chi connectivity index (χ4v) is 2.32. The van der Waals surface area contributed by atoms with E-state index in [-0.39, 0.29) is 11.9 Å². The lowest BCUT2D eigenvalue weighted by molar-refractivity contribution is 0.0791. The van der Waals surface area contributed by atoms with Gasteiger partial charge in [-0.25, -0.2) is 0 Å². The number of hydrogen-bond acceptors (Lipinski definition) is 2. The molecule has 1 aliphatic heterocycles. The minimum atomic E-state index is 0.0986. The molecule has 1 aromatic carbocycles. The van der Waals surface area contributed by atoms with E-state index in [1.54, 1.807) is 0 Å². The highest BCUT2D eigenvalue weighted by Crippen LogP contribution is 2.14. The smallest absolute Gasteiger partial charge is 0.253 e. The highest BCUT2D eigenvalue weighted by molar-refractivity contribution is 14.1. The number of nitrogens with zero attached hydrogens (tertiary/aromatic N) is 1. The summed E-state index contributed by atoms with van der Waals surface area (Å²) in [5.41, 5.74) is 6.54. The van der Waals surface area contributed by atoms with Gasteiger partial charge in [-0.3, -0.25) is 4.79 Å². The average molecular weight is 316 g/mol. The van der Waals surface area contributed by atoms with Crippen molar-refractivity contribution in [2.75, 3.05) is 13.1 Å². The number of benzene rings is 1. The van der Waals surface area contributed by atoms with Crippen molar-refractivity contribution in [3.63, 3.8) is 0 Å². The molecule has 0 bridgehead atoms. The van der Waals surface area contributed by atoms with Crippen LogP contribution in [0.3, 0.4) is 0 Å². The number of amides is 1. The van der Waals surface area contributed by atoms with E-state index in [0.717, 1.165) is 22.1 Å². The third kappa shape index (κ3) is 2.49. The number of carbonyl (C=O) groups is 1. The molecule has 1 aromatic rings. The van der Waals surface area contributed by atoms with E-state index in [0.29, 0.717) is 6.54 Å². The van der Waals surface area contributed by atoms with Crippen LogP contribution < -0.4 is 5.73 Å². The first-order valence-corrected chi connectivity index (χ1v) is 6.05. The zero-order valence-electron chi connectivity index (χ0n) is 8.32. The first kappa shape index (κ1) is 10.9. The van der Waals surface area contributed by atoms with Crippen LogP contribution in [-0.4, -0.2) is 29.9 Å². The van der Waals surface area contributed by atoms with Crippen LogP contribution in [0.5, 0.6) is 0 Å². The molecule has 0 aliphatic carbocycles. The summed E-state index contributed by atoms with van der Waals surface area (Å²) in [6.07, 6.45) is 0.912. The summed E-state index contributed by atoms with van der Waals surface area (Å²) in [5.74, 6) is 0.0986. The molecule has 0 aromatic heterocycles. The lowest BCUT2D eigenvalue weighted by Gasteiger charge is -2.15. The molecule has 3 nitrogen and oxygen atoms in total. The van der Waals surface area contributed by atoms with Crippen LogP contribution in [0.1, 0.15) is 16.8 Å². The second-order valence-corrected chi connectivity index (χ2v) is 5.06. The van der Waals surface area contributed by atoms with Crippen LogP contribution in [0.4, 0.5) is 0 Å². The van der Waals surface area contributed by atoms with Crippen LogP contribution in [0, 0.1) is 3.57 Å².